The smallest absolute Gasteiger partial charge is 0.0372 e. The van der Waals surface area contributed by atoms with E-state index in [9.17, 15) is 0 Å². The second kappa shape index (κ2) is 21.0. The number of nitrogens with zero attached hydrogens (tertiary/aromatic N) is 1. The van der Waals surface area contributed by atoms with Gasteiger partial charge in [-0.25, -0.2) is 0 Å². The second-order valence-corrected chi connectivity index (χ2v) is 17.3. The molecule has 0 fully saturated rings. The number of fused-ring (bicyclic) bond motifs is 2. The number of rotatable bonds is 17. The van der Waals surface area contributed by atoms with E-state index in [0.29, 0.717) is 0 Å². The van der Waals surface area contributed by atoms with E-state index in [1.54, 1.807) is 0 Å². The highest BCUT2D eigenvalue weighted by Gasteiger charge is 2.19. The van der Waals surface area contributed by atoms with Crippen molar-refractivity contribution in [2.45, 2.75) is 52.4 Å². The second-order valence-electron chi connectivity index (χ2n) is 17.3. The normalized spacial score (nSPS) is 11.1. The Kier molecular flexibility index (Phi) is 13.9. The van der Waals surface area contributed by atoms with Crippen molar-refractivity contribution in [2.24, 2.45) is 0 Å². The van der Waals surface area contributed by atoms with Crippen LogP contribution in [0, 0.1) is 0 Å². The molecule has 1 nitrogen and oxygen atoms in total. The van der Waals surface area contributed by atoms with Gasteiger partial charge in [0, 0.05) is 18.8 Å². The van der Waals surface area contributed by atoms with Crippen LogP contribution < -0.4 is 4.90 Å². The maximum Gasteiger partial charge on any atom is 0.0372 e. The molecule has 0 saturated heterocycles. The molecule has 0 radical (unpaired) electrons. The van der Waals surface area contributed by atoms with Gasteiger partial charge in [0.25, 0.3) is 0 Å². The van der Waals surface area contributed by atoms with Crippen LogP contribution in [0.15, 0.2) is 212 Å². The number of hydrogen-bond acceptors (Lipinski definition) is 1. The van der Waals surface area contributed by atoms with Gasteiger partial charge in [-0.05, 0) is 125 Å². The van der Waals surface area contributed by atoms with Gasteiger partial charge >= 0.3 is 0 Å². The number of anilines is 1. The summed E-state index contributed by atoms with van der Waals surface area (Å²) >= 11 is 0. The van der Waals surface area contributed by atoms with E-state index in [-0.39, 0.29) is 0 Å². The number of unbranched alkanes of at least 4 members (excludes halogenated alkanes) is 4. The Labute approximate surface area is 387 Å². The molecule has 0 aliphatic heterocycles. The Hall–Kier alpha value is -7.22. The molecule has 0 spiro atoms. The minimum Gasteiger partial charge on any atom is -0.372 e. The summed E-state index contributed by atoms with van der Waals surface area (Å²) < 4.78 is 0. The fraction of sp³-hybridized carbons (Fsp3) is 0.156. The molecule has 0 aliphatic carbocycles. The van der Waals surface area contributed by atoms with Crippen LogP contribution in [0.2, 0.25) is 0 Å². The summed E-state index contributed by atoms with van der Waals surface area (Å²) in [5.41, 5.74) is 16.0. The molecule has 0 saturated carbocycles. The van der Waals surface area contributed by atoms with Crippen molar-refractivity contribution >= 4 is 50.5 Å². The van der Waals surface area contributed by atoms with Crippen molar-refractivity contribution in [3.8, 4) is 22.3 Å². The van der Waals surface area contributed by atoms with E-state index < -0.39 is 0 Å². The molecule has 0 unspecified atom stereocenters. The molecule has 0 amide bonds. The Morgan fingerprint density at radius 2 is 0.708 bits per heavy atom. The van der Waals surface area contributed by atoms with Crippen LogP contribution in [0.5, 0.6) is 0 Å². The highest BCUT2D eigenvalue weighted by molar-refractivity contribution is 6.22. The predicted molar refractivity (Wildman–Crippen MR) is 283 cm³/mol. The zero-order chi connectivity index (χ0) is 44.2. The molecule has 0 N–H and O–H groups in total. The third kappa shape index (κ3) is 9.96. The topological polar surface area (TPSA) is 3.24 Å². The van der Waals surface area contributed by atoms with Crippen molar-refractivity contribution in [1.29, 1.82) is 0 Å². The van der Waals surface area contributed by atoms with Crippen LogP contribution in [0.25, 0.3) is 67.1 Å². The van der Waals surface area contributed by atoms with Gasteiger partial charge in [-0.15, -0.1) is 0 Å². The highest BCUT2D eigenvalue weighted by atomic mass is 15.1. The Morgan fingerprint density at radius 3 is 1.09 bits per heavy atom. The van der Waals surface area contributed by atoms with E-state index in [4.69, 9.17) is 0 Å². The molecule has 65 heavy (non-hydrogen) atoms. The van der Waals surface area contributed by atoms with Crippen LogP contribution in [0.4, 0.5) is 5.69 Å². The Balaban J connectivity index is 1.19. The zero-order valence-electron chi connectivity index (χ0n) is 38.0. The minimum absolute atomic E-state index is 1.08. The molecule has 0 aromatic heterocycles. The van der Waals surface area contributed by atoms with Crippen LogP contribution in [-0.4, -0.2) is 13.1 Å². The summed E-state index contributed by atoms with van der Waals surface area (Å²) in [7, 11) is 0. The molecule has 0 heterocycles. The third-order valence-electron chi connectivity index (χ3n) is 12.8. The largest absolute Gasteiger partial charge is 0.372 e. The maximum absolute atomic E-state index is 2.66. The first-order valence-electron chi connectivity index (χ1n) is 23.8. The van der Waals surface area contributed by atoms with Gasteiger partial charge in [-0.1, -0.05) is 240 Å². The summed E-state index contributed by atoms with van der Waals surface area (Å²) in [6.07, 6.45) is 12.0. The lowest BCUT2D eigenvalue weighted by Crippen LogP contribution is -2.25. The summed E-state index contributed by atoms with van der Waals surface area (Å²) in [6.45, 7) is 6.76. The van der Waals surface area contributed by atoms with Crippen molar-refractivity contribution in [3.05, 3.63) is 246 Å². The van der Waals surface area contributed by atoms with Crippen LogP contribution >= 0.6 is 0 Å². The van der Waals surface area contributed by atoms with Crippen LogP contribution in [-0.2, 0) is 0 Å². The fourth-order valence-corrected chi connectivity index (χ4v) is 9.42. The number of benzene rings is 9. The van der Waals surface area contributed by atoms with Crippen LogP contribution in [0.1, 0.15) is 85.8 Å². The average Bonchev–Trinajstić information content (AvgIpc) is 3.37. The van der Waals surface area contributed by atoms with Gasteiger partial charge < -0.3 is 4.90 Å². The van der Waals surface area contributed by atoms with Crippen molar-refractivity contribution in [3.63, 3.8) is 0 Å². The summed E-state index contributed by atoms with van der Waals surface area (Å²) in [4.78, 5) is 2.66. The quantitative estimate of drug-likeness (QED) is 0.0501. The molecule has 0 bridgehead atoms. The van der Waals surface area contributed by atoms with Gasteiger partial charge in [0.05, 0.1) is 0 Å². The summed E-state index contributed by atoms with van der Waals surface area (Å²) in [6, 6.07) is 77.8. The summed E-state index contributed by atoms with van der Waals surface area (Å²) in [5, 5.41) is 5.11. The van der Waals surface area contributed by atoms with Crippen molar-refractivity contribution in [2.75, 3.05) is 18.0 Å². The van der Waals surface area contributed by atoms with E-state index in [1.807, 2.05) is 0 Å². The lowest BCUT2D eigenvalue weighted by atomic mass is 9.85. The van der Waals surface area contributed by atoms with E-state index in [0.717, 1.165) is 13.1 Å². The average molecular weight is 842 g/mol. The van der Waals surface area contributed by atoms with Crippen LogP contribution in [0.3, 0.4) is 0 Å². The van der Waals surface area contributed by atoms with E-state index in [2.05, 4.69) is 243 Å². The van der Waals surface area contributed by atoms with Crippen molar-refractivity contribution in [1.82, 2.24) is 0 Å². The van der Waals surface area contributed by atoms with Gasteiger partial charge in [0.1, 0.15) is 0 Å². The molecule has 320 valence electrons. The first-order chi connectivity index (χ1) is 32.2. The molecule has 9 aromatic carbocycles. The van der Waals surface area contributed by atoms with Gasteiger partial charge in [-0.3, -0.25) is 0 Å². The Morgan fingerprint density at radius 1 is 0.354 bits per heavy atom. The monoisotopic (exact) mass is 841 g/mol. The van der Waals surface area contributed by atoms with E-state index in [1.165, 1.54) is 133 Å². The predicted octanol–water partition coefficient (Wildman–Crippen LogP) is 17.7. The molecular weight excluding hydrogens is 783 g/mol. The van der Waals surface area contributed by atoms with Crippen molar-refractivity contribution < 1.29 is 0 Å². The Bertz CT molecular complexity index is 2910. The van der Waals surface area contributed by atoms with Gasteiger partial charge in [0.2, 0.25) is 0 Å². The molecule has 0 atom stereocenters. The molecule has 9 rings (SSSR count). The fourth-order valence-electron chi connectivity index (χ4n) is 9.42. The zero-order valence-corrected chi connectivity index (χ0v) is 38.0. The third-order valence-corrected chi connectivity index (χ3v) is 12.8. The first kappa shape index (κ1) is 43.1. The van der Waals surface area contributed by atoms with Gasteiger partial charge in [-0.2, -0.15) is 0 Å². The molecular formula is C64H59N. The highest BCUT2D eigenvalue weighted by Crippen LogP contribution is 2.45. The SMILES string of the molecule is CCCCCN(CCCCC)c1ccc2c(-c3ccc(C=C(c4ccccc4)c4ccccc4)cc3)c3ccccc3c(-c3ccc(C=C(c4ccccc4)c4ccccc4)cc3)c2c1. The lowest BCUT2D eigenvalue weighted by Gasteiger charge is -2.26. The lowest BCUT2D eigenvalue weighted by molar-refractivity contribution is 0.637. The van der Waals surface area contributed by atoms with Gasteiger partial charge in [0.15, 0.2) is 0 Å². The number of hydrogen-bond donors (Lipinski definition) is 0. The minimum atomic E-state index is 1.08. The summed E-state index contributed by atoms with van der Waals surface area (Å²) in [5.74, 6) is 0. The maximum atomic E-state index is 2.66. The molecule has 1 heteroatoms. The molecule has 0 aliphatic rings. The first-order valence-corrected chi connectivity index (χ1v) is 23.8. The standard InChI is InChI=1S/C64H59N/c1-3-5-21-43-65(44-22-6-4-2)56-41-42-59-62(47-56)64(55-39-35-49(36-40-55)46-61(52-27-15-9-16-28-52)53-29-17-10-18-30-53)58-32-20-19-31-57(58)63(59)54-37-33-48(34-38-54)45-60(50-23-11-7-12-24-50)51-25-13-8-14-26-51/h7-20,23-42,45-47H,3-6,21-22,43-44H2,1-2H3. The van der Waals surface area contributed by atoms with E-state index >= 15 is 0 Å². The molecule has 9 aromatic rings.